The lowest BCUT2D eigenvalue weighted by Gasteiger charge is -2.38. The van der Waals surface area contributed by atoms with Gasteiger partial charge in [0.25, 0.3) is 0 Å². The van der Waals surface area contributed by atoms with Crippen molar-refractivity contribution in [3.63, 3.8) is 0 Å². The van der Waals surface area contributed by atoms with E-state index in [0.717, 1.165) is 18.7 Å². The molecule has 3 nitrogen and oxygen atoms in total. The smallest absolute Gasteiger partial charge is 0.222 e. The molecule has 1 N–H and O–H groups in total. The molecule has 0 aromatic heterocycles. The standard InChI is InChI=1S/C22H24N2O/c1-2-21(25)24-15-14-18-20(13-12-16-8-4-3-5-9-16)23-19-11-7-6-10-17(19)22(18)24/h3-13,18,20,22-23H,2,14-15H2,1H3/b13-12+/t18-,20-,22+/m0/s1. The Bertz CT molecular complexity index is 784. The Hall–Kier alpha value is -2.55. The normalized spacial score (nSPS) is 24.7. The van der Waals surface area contributed by atoms with Crippen molar-refractivity contribution in [3.05, 3.63) is 71.8 Å². The highest BCUT2D eigenvalue weighted by Crippen LogP contribution is 2.46. The molecule has 128 valence electrons. The van der Waals surface area contributed by atoms with Crippen molar-refractivity contribution in [3.8, 4) is 0 Å². The van der Waals surface area contributed by atoms with Crippen molar-refractivity contribution >= 4 is 17.7 Å². The Morgan fingerprint density at radius 3 is 2.72 bits per heavy atom. The summed E-state index contributed by atoms with van der Waals surface area (Å²) in [5, 5.41) is 3.69. The van der Waals surface area contributed by atoms with Gasteiger partial charge in [-0.2, -0.15) is 0 Å². The van der Waals surface area contributed by atoms with Gasteiger partial charge in [-0.1, -0.05) is 67.6 Å². The molecule has 1 amide bonds. The first kappa shape index (κ1) is 15.9. The number of hydrogen-bond acceptors (Lipinski definition) is 2. The number of rotatable bonds is 3. The monoisotopic (exact) mass is 332 g/mol. The maximum Gasteiger partial charge on any atom is 0.222 e. The average molecular weight is 332 g/mol. The molecule has 0 unspecified atom stereocenters. The molecular formula is C22H24N2O. The van der Waals surface area contributed by atoms with Crippen LogP contribution in [0, 0.1) is 5.92 Å². The van der Waals surface area contributed by atoms with Gasteiger partial charge in [0, 0.05) is 30.6 Å². The van der Waals surface area contributed by atoms with Crippen LogP contribution in [-0.2, 0) is 4.79 Å². The minimum atomic E-state index is 0.190. The zero-order chi connectivity index (χ0) is 17.2. The zero-order valence-corrected chi connectivity index (χ0v) is 14.6. The predicted octanol–water partition coefficient (Wildman–Crippen LogP) is 4.49. The molecule has 0 saturated carbocycles. The molecule has 3 heteroatoms. The van der Waals surface area contributed by atoms with Crippen LogP contribution in [0.3, 0.4) is 0 Å². The van der Waals surface area contributed by atoms with E-state index in [2.05, 4.69) is 70.9 Å². The summed E-state index contributed by atoms with van der Waals surface area (Å²) in [5.41, 5.74) is 3.62. The van der Waals surface area contributed by atoms with Gasteiger partial charge in [0.1, 0.15) is 0 Å². The van der Waals surface area contributed by atoms with Gasteiger partial charge in [-0.3, -0.25) is 4.79 Å². The molecule has 0 radical (unpaired) electrons. The highest BCUT2D eigenvalue weighted by atomic mass is 16.2. The molecule has 1 saturated heterocycles. The fourth-order valence-electron chi connectivity index (χ4n) is 4.22. The van der Waals surface area contributed by atoms with E-state index in [9.17, 15) is 4.79 Å². The molecule has 2 aromatic rings. The molecule has 2 aliphatic rings. The van der Waals surface area contributed by atoms with E-state index in [-0.39, 0.29) is 18.0 Å². The molecule has 0 spiro atoms. The largest absolute Gasteiger partial charge is 0.378 e. The van der Waals surface area contributed by atoms with E-state index in [1.54, 1.807) is 0 Å². The minimum Gasteiger partial charge on any atom is -0.378 e. The number of nitrogens with one attached hydrogen (secondary N) is 1. The van der Waals surface area contributed by atoms with Gasteiger partial charge >= 0.3 is 0 Å². The summed E-state index contributed by atoms with van der Waals surface area (Å²) >= 11 is 0. The molecule has 0 bridgehead atoms. The molecule has 0 aliphatic carbocycles. The van der Waals surface area contributed by atoms with Gasteiger partial charge in [-0.25, -0.2) is 0 Å². The Labute approximate surface area is 149 Å². The van der Waals surface area contributed by atoms with Crippen LogP contribution < -0.4 is 5.32 Å². The van der Waals surface area contributed by atoms with Gasteiger partial charge in [-0.15, -0.1) is 0 Å². The van der Waals surface area contributed by atoms with E-state index < -0.39 is 0 Å². The second-order valence-electron chi connectivity index (χ2n) is 6.87. The number of hydrogen-bond donors (Lipinski definition) is 1. The Morgan fingerprint density at radius 2 is 1.92 bits per heavy atom. The third kappa shape index (κ3) is 2.95. The van der Waals surface area contributed by atoms with Crippen LogP contribution in [0.25, 0.3) is 6.08 Å². The summed E-state index contributed by atoms with van der Waals surface area (Å²) in [6, 6.07) is 19.2. The number of benzene rings is 2. The third-order valence-corrected chi connectivity index (χ3v) is 5.43. The fraction of sp³-hybridized carbons (Fsp3) is 0.318. The lowest BCUT2D eigenvalue weighted by atomic mass is 9.82. The van der Waals surface area contributed by atoms with Crippen molar-refractivity contribution in [1.82, 2.24) is 4.90 Å². The van der Waals surface area contributed by atoms with Crippen LogP contribution in [0.1, 0.15) is 36.9 Å². The Morgan fingerprint density at radius 1 is 1.16 bits per heavy atom. The lowest BCUT2D eigenvalue weighted by Crippen LogP contribution is -2.40. The Balaban J connectivity index is 1.67. The van der Waals surface area contributed by atoms with E-state index >= 15 is 0 Å². The maximum atomic E-state index is 12.5. The number of likely N-dealkylation sites (tertiary alicyclic amines) is 1. The molecule has 25 heavy (non-hydrogen) atoms. The first-order valence-electron chi connectivity index (χ1n) is 9.16. The molecule has 1 fully saturated rings. The highest BCUT2D eigenvalue weighted by Gasteiger charge is 2.44. The van der Waals surface area contributed by atoms with Gasteiger partial charge < -0.3 is 10.2 Å². The molecule has 2 aliphatic heterocycles. The second-order valence-corrected chi connectivity index (χ2v) is 6.87. The summed E-state index contributed by atoms with van der Waals surface area (Å²) < 4.78 is 0. The van der Waals surface area contributed by atoms with Crippen LogP contribution in [-0.4, -0.2) is 23.4 Å². The van der Waals surface area contributed by atoms with Crippen LogP contribution in [0.15, 0.2) is 60.7 Å². The maximum absolute atomic E-state index is 12.5. The molecule has 2 aromatic carbocycles. The van der Waals surface area contributed by atoms with E-state index in [0.29, 0.717) is 12.3 Å². The SMILES string of the molecule is CCC(=O)N1CC[C@H]2[C@H](/C=C/c3ccccc3)Nc3ccccc3[C@H]21. The summed E-state index contributed by atoms with van der Waals surface area (Å²) in [4.78, 5) is 14.5. The number of nitrogens with zero attached hydrogens (tertiary/aromatic N) is 1. The number of carbonyl (C=O) groups is 1. The lowest BCUT2D eigenvalue weighted by molar-refractivity contribution is -0.132. The summed E-state index contributed by atoms with van der Waals surface area (Å²) in [6.45, 7) is 2.81. The number of fused-ring (bicyclic) bond motifs is 3. The van der Waals surface area contributed by atoms with Gasteiger partial charge in [0.15, 0.2) is 0 Å². The van der Waals surface area contributed by atoms with Gasteiger partial charge in [0.05, 0.1) is 6.04 Å². The molecule has 3 atom stereocenters. The van der Waals surface area contributed by atoms with Crippen LogP contribution in [0.4, 0.5) is 5.69 Å². The third-order valence-electron chi connectivity index (χ3n) is 5.43. The molecule has 4 rings (SSSR count). The first-order valence-corrected chi connectivity index (χ1v) is 9.16. The second kappa shape index (κ2) is 6.75. The summed E-state index contributed by atoms with van der Waals surface area (Å²) in [7, 11) is 0. The topological polar surface area (TPSA) is 32.3 Å². The predicted molar refractivity (Wildman–Crippen MR) is 102 cm³/mol. The van der Waals surface area contributed by atoms with Crippen LogP contribution in [0.5, 0.6) is 0 Å². The van der Waals surface area contributed by atoms with E-state index in [1.807, 2.05) is 13.0 Å². The molecular weight excluding hydrogens is 308 g/mol. The van der Waals surface area contributed by atoms with Crippen LogP contribution in [0.2, 0.25) is 0 Å². The van der Waals surface area contributed by atoms with E-state index in [1.165, 1.54) is 11.1 Å². The van der Waals surface area contributed by atoms with Crippen molar-refractivity contribution in [1.29, 1.82) is 0 Å². The minimum absolute atomic E-state index is 0.190. The number of anilines is 1. The summed E-state index contributed by atoms with van der Waals surface area (Å²) in [5.74, 6) is 0.681. The highest BCUT2D eigenvalue weighted by molar-refractivity contribution is 5.77. The van der Waals surface area contributed by atoms with Crippen LogP contribution >= 0.6 is 0 Å². The number of carbonyl (C=O) groups excluding carboxylic acids is 1. The fourth-order valence-corrected chi connectivity index (χ4v) is 4.22. The first-order chi connectivity index (χ1) is 12.3. The number of para-hydroxylation sites is 1. The Kier molecular flexibility index (Phi) is 4.31. The van der Waals surface area contributed by atoms with E-state index in [4.69, 9.17) is 0 Å². The average Bonchev–Trinajstić information content (AvgIpc) is 3.12. The zero-order valence-electron chi connectivity index (χ0n) is 14.6. The quantitative estimate of drug-likeness (QED) is 0.898. The van der Waals surface area contributed by atoms with Crippen molar-refractivity contribution in [2.75, 3.05) is 11.9 Å². The van der Waals surface area contributed by atoms with Crippen molar-refractivity contribution < 1.29 is 4.79 Å². The number of amides is 1. The van der Waals surface area contributed by atoms with Gasteiger partial charge in [0.2, 0.25) is 5.91 Å². The molecule has 2 heterocycles. The summed E-state index contributed by atoms with van der Waals surface area (Å²) in [6.07, 6.45) is 6.07. The van der Waals surface area contributed by atoms with Gasteiger partial charge in [-0.05, 0) is 23.6 Å². The van der Waals surface area contributed by atoms with Crippen molar-refractivity contribution in [2.24, 2.45) is 5.92 Å². The van der Waals surface area contributed by atoms with Crippen molar-refractivity contribution in [2.45, 2.75) is 31.8 Å².